The number of esters is 1. The molecule has 148 valence electrons. The normalized spacial score (nSPS) is 29.8. The first-order valence-corrected chi connectivity index (χ1v) is 10.4. The van der Waals surface area contributed by atoms with Gasteiger partial charge in [0.1, 0.15) is 5.75 Å². The number of ether oxygens (including phenoxy) is 2. The van der Waals surface area contributed by atoms with Crippen molar-refractivity contribution in [3.8, 4) is 5.75 Å². The van der Waals surface area contributed by atoms with Crippen LogP contribution in [-0.4, -0.2) is 19.7 Å². The van der Waals surface area contributed by atoms with Crippen LogP contribution >= 0.6 is 0 Å². The van der Waals surface area contributed by atoms with E-state index in [1.54, 1.807) is 13.2 Å². The predicted molar refractivity (Wildman–Crippen MR) is 109 cm³/mol. The van der Waals surface area contributed by atoms with Crippen molar-refractivity contribution in [3.63, 3.8) is 0 Å². The van der Waals surface area contributed by atoms with E-state index in [1.807, 2.05) is 24.3 Å². The Morgan fingerprint density at radius 1 is 1.07 bits per heavy atom. The Labute approximate surface area is 164 Å². The third-order valence-electron chi connectivity index (χ3n) is 6.78. The molecule has 2 saturated carbocycles. The van der Waals surface area contributed by atoms with Crippen LogP contribution in [0.5, 0.6) is 5.75 Å². The zero-order chi connectivity index (χ0) is 19.6. The summed E-state index contributed by atoms with van der Waals surface area (Å²) in [7, 11) is 1.64. The van der Waals surface area contributed by atoms with Gasteiger partial charge in [-0.25, -0.2) is 4.79 Å². The van der Waals surface area contributed by atoms with E-state index >= 15 is 0 Å². The van der Waals surface area contributed by atoms with Crippen LogP contribution in [0, 0.1) is 41.4 Å². The van der Waals surface area contributed by atoms with Crippen LogP contribution in [0.1, 0.15) is 46.1 Å². The van der Waals surface area contributed by atoms with Gasteiger partial charge in [0.2, 0.25) is 0 Å². The Morgan fingerprint density at radius 3 is 2.33 bits per heavy atom. The van der Waals surface area contributed by atoms with Gasteiger partial charge in [-0.05, 0) is 78.0 Å². The molecule has 27 heavy (non-hydrogen) atoms. The van der Waals surface area contributed by atoms with E-state index in [1.165, 1.54) is 18.9 Å². The molecule has 1 aromatic rings. The Kier molecular flexibility index (Phi) is 6.29. The summed E-state index contributed by atoms with van der Waals surface area (Å²) in [5.41, 5.74) is 0.965. The van der Waals surface area contributed by atoms with Gasteiger partial charge < -0.3 is 9.47 Å². The zero-order valence-electron chi connectivity index (χ0n) is 17.4. The number of fused-ring (bicyclic) bond motifs is 2. The quantitative estimate of drug-likeness (QED) is 0.473. The average Bonchev–Trinajstić information content (AvgIpc) is 3.23. The summed E-state index contributed by atoms with van der Waals surface area (Å²) < 4.78 is 10.8. The number of carbonyl (C=O) groups excluding carboxylic acids is 1. The fourth-order valence-corrected chi connectivity index (χ4v) is 5.82. The molecule has 0 saturated heterocycles. The molecule has 5 atom stereocenters. The molecule has 0 heterocycles. The monoisotopic (exact) mass is 370 g/mol. The Balaban J connectivity index is 1.53. The lowest BCUT2D eigenvalue weighted by Crippen LogP contribution is -2.36. The van der Waals surface area contributed by atoms with Crippen LogP contribution in [0.3, 0.4) is 0 Å². The third-order valence-corrected chi connectivity index (χ3v) is 6.78. The fraction of sp³-hybridized carbons (Fsp3) is 0.625. The molecule has 0 aromatic heterocycles. The molecule has 3 rings (SSSR count). The maximum absolute atomic E-state index is 12.2. The summed E-state index contributed by atoms with van der Waals surface area (Å²) in [5, 5.41) is 0. The molecule has 3 heteroatoms. The van der Waals surface area contributed by atoms with Crippen molar-refractivity contribution in [2.24, 2.45) is 41.4 Å². The Bertz CT molecular complexity index is 659. The molecular weight excluding hydrogens is 336 g/mol. The highest BCUT2D eigenvalue weighted by molar-refractivity contribution is 5.87. The van der Waals surface area contributed by atoms with Crippen LogP contribution in [0.15, 0.2) is 30.3 Å². The molecule has 0 spiro atoms. The van der Waals surface area contributed by atoms with E-state index in [0.29, 0.717) is 18.4 Å². The van der Waals surface area contributed by atoms with E-state index in [2.05, 4.69) is 27.7 Å². The average molecular weight is 371 g/mol. The second kappa shape index (κ2) is 8.50. The van der Waals surface area contributed by atoms with Gasteiger partial charge in [0.25, 0.3) is 0 Å². The zero-order valence-corrected chi connectivity index (χ0v) is 17.4. The lowest BCUT2D eigenvalue weighted by Gasteiger charge is -2.40. The van der Waals surface area contributed by atoms with Gasteiger partial charge in [-0.3, -0.25) is 0 Å². The molecule has 3 nitrogen and oxygen atoms in total. The molecule has 0 aliphatic heterocycles. The second-order valence-corrected chi connectivity index (χ2v) is 9.03. The van der Waals surface area contributed by atoms with Crippen LogP contribution in [-0.2, 0) is 9.53 Å². The molecule has 0 amide bonds. The van der Waals surface area contributed by atoms with Gasteiger partial charge in [-0.2, -0.15) is 0 Å². The minimum absolute atomic E-state index is 0.241. The number of carbonyl (C=O) groups is 1. The molecule has 2 fully saturated rings. The van der Waals surface area contributed by atoms with Crippen LogP contribution in [0.4, 0.5) is 0 Å². The number of benzene rings is 1. The Hall–Kier alpha value is -1.77. The van der Waals surface area contributed by atoms with Gasteiger partial charge in [0.05, 0.1) is 13.7 Å². The summed E-state index contributed by atoms with van der Waals surface area (Å²) in [6, 6.07) is 7.63. The summed E-state index contributed by atoms with van der Waals surface area (Å²) >= 11 is 0. The maximum atomic E-state index is 12.2. The summed E-state index contributed by atoms with van der Waals surface area (Å²) in [6.07, 6.45) is 5.89. The first-order chi connectivity index (χ1) is 12.9. The first kappa shape index (κ1) is 20.0. The number of methoxy groups -OCH3 is 1. The van der Waals surface area contributed by atoms with E-state index < -0.39 is 0 Å². The van der Waals surface area contributed by atoms with Crippen molar-refractivity contribution in [2.45, 2.75) is 40.5 Å². The minimum atomic E-state index is -0.241. The highest BCUT2D eigenvalue weighted by Crippen LogP contribution is 2.59. The van der Waals surface area contributed by atoms with Gasteiger partial charge >= 0.3 is 5.97 Å². The van der Waals surface area contributed by atoms with Crippen molar-refractivity contribution in [1.29, 1.82) is 0 Å². The predicted octanol–water partition coefficient (Wildman–Crippen LogP) is 5.45. The van der Waals surface area contributed by atoms with E-state index in [0.717, 1.165) is 40.9 Å². The molecule has 1 aromatic carbocycles. The molecule has 0 N–H and O–H groups in total. The molecule has 2 aliphatic rings. The number of rotatable bonds is 7. The lowest BCUT2D eigenvalue weighted by molar-refractivity contribution is -0.140. The fourth-order valence-electron chi connectivity index (χ4n) is 5.82. The van der Waals surface area contributed by atoms with Crippen molar-refractivity contribution in [3.05, 3.63) is 35.9 Å². The molecule has 2 bridgehead atoms. The third kappa shape index (κ3) is 4.39. The molecule has 2 aliphatic carbocycles. The molecule has 5 unspecified atom stereocenters. The SMILES string of the molecule is COc1ccc(/C=C/C(=O)OCC2CC3CC2C(C(C)C)C3C(C)C)cc1. The van der Waals surface area contributed by atoms with Gasteiger partial charge in [0.15, 0.2) is 0 Å². The maximum Gasteiger partial charge on any atom is 0.330 e. The van der Waals surface area contributed by atoms with Gasteiger partial charge in [-0.1, -0.05) is 39.8 Å². The standard InChI is InChI=1S/C24H34O3/c1-15(2)23-18-12-19(21(13-18)24(23)16(3)4)14-27-22(25)11-8-17-6-9-20(26-5)10-7-17/h6-11,15-16,18-19,21,23-24H,12-14H2,1-5H3/b11-8+. The largest absolute Gasteiger partial charge is 0.497 e. The van der Waals surface area contributed by atoms with Crippen molar-refractivity contribution in [1.82, 2.24) is 0 Å². The topological polar surface area (TPSA) is 35.5 Å². The first-order valence-electron chi connectivity index (χ1n) is 10.4. The van der Waals surface area contributed by atoms with Crippen LogP contribution in [0.2, 0.25) is 0 Å². The minimum Gasteiger partial charge on any atom is -0.497 e. The number of hydrogen-bond acceptors (Lipinski definition) is 3. The van der Waals surface area contributed by atoms with Crippen LogP contribution in [0.25, 0.3) is 6.08 Å². The van der Waals surface area contributed by atoms with Gasteiger partial charge in [0, 0.05) is 6.08 Å². The van der Waals surface area contributed by atoms with Crippen LogP contribution < -0.4 is 4.74 Å². The number of hydrogen-bond donors (Lipinski definition) is 0. The highest BCUT2D eigenvalue weighted by Gasteiger charge is 2.53. The van der Waals surface area contributed by atoms with Crippen molar-refractivity contribution >= 4 is 12.0 Å². The Morgan fingerprint density at radius 2 is 1.74 bits per heavy atom. The van der Waals surface area contributed by atoms with Gasteiger partial charge in [-0.15, -0.1) is 0 Å². The van der Waals surface area contributed by atoms with Crippen molar-refractivity contribution < 1.29 is 14.3 Å². The molecular formula is C24H34O3. The highest BCUT2D eigenvalue weighted by atomic mass is 16.5. The summed E-state index contributed by atoms with van der Waals surface area (Å²) in [5.74, 6) is 5.74. The van der Waals surface area contributed by atoms with Crippen molar-refractivity contribution in [2.75, 3.05) is 13.7 Å². The summed E-state index contributed by atoms with van der Waals surface area (Å²) in [4.78, 5) is 12.2. The smallest absolute Gasteiger partial charge is 0.330 e. The lowest BCUT2D eigenvalue weighted by atomic mass is 9.66. The van der Waals surface area contributed by atoms with E-state index in [4.69, 9.17) is 9.47 Å². The van der Waals surface area contributed by atoms with E-state index in [-0.39, 0.29) is 5.97 Å². The summed E-state index contributed by atoms with van der Waals surface area (Å²) in [6.45, 7) is 10.0. The van der Waals surface area contributed by atoms with E-state index in [9.17, 15) is 4.79 Å². The second-order valence-electron chi connectivity index (χ2n) is 9.03. The molecule has 0 radical (unpaired) electrons.